The van der Waals surface area contributed by atoms with Gasteiger partial charge in [-0.15, -0.1) is 0 Å². The molecule has 0 bridgehead atoms. The average molecular weight is 534 g/mol. The maximum absolute atomic E-state index is 2.38. The van der Waals surface area contributed by atoms with Gasteiger partial charge in [0.15, 0.2) is 0 Å². The van der Waals surface area contributed by atoms with Gasteiger partial charge < -0.3 is 0 Å². The SMILES string of the molecule is CCCC[B-](c1ccc(-c2ccccc2)cc1)(c1ccc(-c2ccccc2)cc1)c1ccc(-c2ccccc2)cc1.[Li+]. The minimum Gasteiger partial charge on any atom is -0.200 e. The summed E-state index contributed by atoms with van der Waals surface area (Å²) in [4.78, 5) is 0. The third kappa shape index (κ3) is 6.10. The van der Waals surface area contributed by atoms with Crippen molar-refractivity contribution in [3.63, 3.8) is 0 Å². The number of rotatable bonds is 9. The van der Waals surface area contributed by atoms with Crippen LogP contribution >= 0.6 is 0 Å². The Kier molecular flexibility index (Phi) is 9.66. The van der Waals surface area contributed by atoms with E-state index in [0.29, 0.717) is 0 Å². The molecular formula is C40H36BLi. The Hall–Kier alpha value is -4.02. The third-order valence-electron chi connectivity index (χ3n) is 8.75. The molecule has 0 radical (unpaired) electrons. The zero-order valence-electron chi connectivity index (χ0n) is 24.8. The molecule has 0 aliphatic carbocycles. The zero-order chi connectivity index (χ0) is 27.9. The molecule has 0 atom stereocenters. The molecule has 0 saturated heterocycles. The maximum Gasteiger partial charge on any atom is 1.00 e. The average Bonchev–Trinajstić information content (AvgIpc) is 3.07. The predicted molar refractivity (Wildman–Crippen MR) is 180 cm³/mol. The molecule has 0 heterocycles. The van der Waals surface area contributed by atoms with Crippen LogP contribution < -0.4 is 35.2 Å². The van der Waals surface area contributed by atoms with Crippen LogP contribution in [0.25, 0.3) is 33.4 Å². The Labute approximate surface area is 263 Å². The van der Waals surface area contributed by atoms with Gasteiger partial charge in [0.25, 0.3) is 0 Å². The van der Waals surface area contributed by atoms with Crippen molar-refractivity contribution in [3.05, 3.63) is 164 Å². The van der Waals surface area contributed by atoms with Crippen molar-refractivity contribution in [2.45, 2.75) is 26.1 Å². The van der Waals surface area contributed by atoms with Gasteiger partial charge in [-0.05, 0) is 33.4 Å². The van der Waals surface area contributed by atoms with E-state index in [1.165, 1.54) is 56.2 Å². The summed E-state index contributed by atoms with van der Waals surface area (Å²) < 4.78 is 0. The molecule has 0 N–H and O–H groups in total. The van der Waals surface area contributed by atoms with Crippen LogP contribution in [0.4, 0.5) is 0 Å². The van der Waals surface area contributed by atoms with Crippen LogP contribution in [0.3, 0.4) is 0 Å². The summed E-state index contributed by atoms with van der Waals surface area (Å²) >= 11 is 0. The van der Waals surface area contributed by atoms with Crippen molar-refractivity contribution in [1.29, 1.82) is 0 Å². The van der Waals surface area contributed by atoms with Gasteiger partial charge in [0, 0.05) is 0 Å². The Morgan fingerprint density at radius 2 is 0.619 bits per heavy atom. The smallest absolute Gasteiger partial charge is 0.200 e. The van der Waals surface area contributed by atoms with E-state index in [0.717, 1.165) is 12.7 Å². The Bertz CT molecular complexity index is 1460. The van der Waals surface area contributed by atoms with E-state index in [9.17, 15) is 0 Å². The van der Waals surface area contributed by atoms with Gasteiger partial charge in [0.05, 0.1) is 6.15 Å². The quantitative estimate of drug-likeness (QED) is 0.201. The van der Waals surface area contributed by atoms with E-state index in [1.54, 1.807) is 0 Å². The minimum atomic E-state index is -1.18. The molecule has 0 aliphatic heterocycles. The van der Waals surface area contributed by atoms with E-state index >= 15 is 0 Å². The van der Waals surface area contributed by atoms with Crippen LogP contribution in [0.1, 0.15) is 19.8 Å². The first kappa shape index (κ1) is 29.5. The predicted octanol–water partition coefficient (Wildman–Crippen LogP) is 5.96. The summed E-state index contributed by atoms with van der Waals surface area (Å²) in [6.07, 6.45) is 2.26. The number of unbranched alkanes of at least 4 members (excludes halogenated alkanes) is 1. The Morgan fingerprint density at radius 3 is 0.881 bits per heavy atom. The van der Waals surface area contributed by atoms with Crippen LogP contribution in [-0.4, -0.2) is 6.15 Å². The fraction of sp³-hybridized carbons (Fsp3) is 0.100. The second-order valence-corrected chi connectivity index (χ2v) is 11.2. The van der Waals surface area contributed by atoms with E-state index < -0.39 is 6.15 Å². The monoisotopic (exact) mass is 534 g/mol. The molecule has 0 saturated carbocycles. The van der Waals surface area contributed by atoms with Crippen molar-refractivity contribution in [2.75, 3.05) is 0 Å². The summed E-state index contributed by atoms with van der Waals surface area (Å²) in [7, 11) is 0. The van der Waals surface area contributed by atoms with Crippen molar-refractivity contribution < 1.29 is 18.9 Å². The third-order valence-corrected chi connectivity index (χ3v) is 8.75. The van der Waals surface area contributed by atoms with Crippen LogP contribution in [0.2, 0.25) is 6.32 Å². The van der Waals surface area contributed by atoms with Gasteiger partial charge in [-0.1, -0.05) is 184 Å². The van der Waals surface area contributed by atoms with E-state index in [4.69, 9.17) is 0 Å². The van der Waals surface area contributed by atoms with Crippen LogP contribution in [0.5, 0.6) is 0 Å². The molecule has 0 fully saturated rings. The van der Waals surface area contributed by atoms with Crippen LogP contribution in [0, 0.1) is 0 Å². The second kappa shape index (κ2) is 13.8. The molecule has 0 aliphatic rings. The van der Waals surface area contributed by atoms with Crippen LogP contribution in [-0.2, 0) is 0 Å². The standard InChI is InChI=1S/C40H36B.Li/c1-2-3-31-41(38-25-19-35(20-26-38)32-13-7-4-8-14-32,39-27-21-36(22-28-39)33-15-9-5-10-16-33)40-29-23-37(24-30-40)34-17-11-6-12-18-34;/h4-30H,2-3,31H2,1H3;/q-1;+1. The Morgan fingerprint density at radius 1 is 0.357 bits per heavy atom. The van der Waals surface area contributed by atoms with Gasteiger partial charge in [0.1, 0.15) is 0 Å². The molecule has 0 nitrogen and oxygen atoms in total. The molecule has 0 unspecified atom stereocenters. The summed E-state index contributed by atoms with van der Waals surface area (Å²) in [6.45, 7) is 2.30. The molecule has 0 amide bonds. The second-order valence-electron chi connectivity index (χ2n) is 11.2. The first-order valence-corrected chi connectivity index (χ1v) is 14.9. The number of hydrogen-bond donors (Lipinski definition) is 0. The largest absolute Gasteiger partial charge is 1.00 e. The zero-order valence-corrected chi connectivity index (χ0v) is 24.8. The molecule has 0 spiro atoms. The van der Waals surface area contributed by atoms with Crippen molar-refractivity contribution in [3.8, 4) is 33.4 Å². The molecule has 42 heavy (non-hydrogen) atoms. The molecule has 6 aromatic carbocycles. The number of hydrogen-bond acceptors (Lipinski definition) is 0. The van der Waals surface area contributed by atoms with Gasteiger partial charge in [0.2, 0.25) is 0 Å². The van der Waals surface area contributed by atoms with Gasteiger partial charge in [-0.25, -0.2) is 0 Å². The van der Waals surface area contributed by atoms with Gasteiger partial charge in [-0.3, -0.25) is 0 Å². The first-order chi connectivity index (χ1) is 20.3. The molecular weight excluding hydrogens is 498 g/mol. The van der Waals surface area contributed by atoms with E-state index in [1.807, 2.05) is 0 Å². The summed E-state index contributed by atoms with van der Waals surface area (Å²) in [5.74, 6) is 0. The van der Waals surface area contributed by atoms with Crippen LogP contribution in [0.15, 0.2) is 164 Å². The Balaban J connectivity index is 0.00000353. The van der Waals surface area contributed by atoms with Gasteiger partial charge >= 0.3 is 18.9 Å². The van der Waals surface area contributed by atoms with Gasteiger partial charge in [-0.2, -0.15) is 22.7 Å². The summed E-state index contributed by atoms with van der Waals surface area (Å²) in [6, 6.07) is 60.2. The molecule has 6 rings (SSSR count). The maximum atomic E-state index is 2.38. The molecule has 2 heteroatoms. The number of benzene rings is 6. The normalized spacial score (nSPS) is 11.1. The fourth-order valence-corrected chi connectivity index (χ4v) is 6.49. The van der Waals surface area contributed by atoms with Crippen molar-refractivity contribution in [2.24, 2.45) is 0 Å². The molecule has 0 aromatic heterocycles. The van der Waals surface area contributed by atoms with Crippen molar-refractivity contribution >= 4 is 22.5 Å². The van der Waals surface area contributed by atoms with Crippen molar-refractivity contribution in [1.82, 2.24) is 0 Å². The fourth-order valence-electron chi connectivity index (χ4n) is 6.49. The van der Waals surface area contributed by atoms with E-state index in [-0.39, 0.29) is 18.9 Å². The molecule has 6 aromatic rings. The minimum absolute atomic E-state index is 0. The van der Waals surface area contributed by atoms with E-state index in [2.05, 4.69) is 171 Å². The summed E-state index contributed by atoms with van der Waals surface area (Å²) in [5, 5.41) is 0. The molecule has 200 valence electrons. The topological polar surface area (TPSA) is 0 Å². The first-order valence-electron chi connectivity index (χ1n) is 14.9. The summed E-state index contributed by atoms with van der Waals surface area (Å²) in [5.41, 5.74) is 11.7.